The summed E-state index contributed by atoms with van der Waals surface area (Å²) in [5, 5.41) is 14.5. The number of anilines is 1. The first kappa shape index (κ1) is 21.1. The molecule has 1 unspecified atom stereocenters. The van der Waals surface area contributed by atoms with Gasteiger partial charge in [-0.05, 0) is 32.6 Å². The van der Waals surface area contributed by atoms with E-state index >= 15 is 0 Å². The molecule has 1 saturated carbocycles. The van der Waals surface area contributed by atoms with Gasteiger partial charge in [0.2, 0.25) is 5.91 Å². The predicted octanol–water partition coefficient (Wildman–Crippen LogP) is 2.70. The minimum absolute atomic E-state index is 0.113. The standard InChI is InChI=1S/C21H32N6O2/c1-4-27-20-17(13-25-27)19(26-14(2)16-8-6-5-7-9-16)18(12-24-20)21(29)23-11-10-22-15(3)28/h12-14,16H,4-11H2,1-3H3,(H,22,28)(H,23,29)(H,24,26). The van der Waals surface area contributed by atoms with Crippen molar-refractivity contribution in [2.24, 2.45) is 5.92 Å². The molecule has 1 fully saturated rings. The minimum Gasteiger partial charge on any atom is -0.381 e. The van der Waals surface area contributed by atoms with Gasteiger partial charge in [-0.15, -0.1) is 0 Å². The third-order valence-electron chi connectivity index (χ3n) is 5.72. The molecule has 8 heteroatoms. The SMILES string of the molecule is CCn1ncc2c(NC(C)C3CCCCC3)c(C(=O)NCCNC(C)=O)cnc21. The Bertz CT molecular complexity index is 856. The number of aryl methyl sites for hydroxylation is 1. The van der Waals surface area contributed by atoms with Crippen LogP contribution in [0.25, 0.3) is 11.0 Å². The summed E-state index contributed by atoms with van der Waals surface area (Å²) in [6.45, 7) is 7.16. The van der Waals surface area contributed by atoms with Crippen LogP contribution < -0.4 is 16.0 Å². The van der Waals surface area contributed by atoms with Crippen LogP contribution in [0.4, 0.5) is 5.69 Å². The maximum Gasteiger partial charge on any atom is 0.255 e. The zero-order chi connectivity index (χ0) is 20.8. The predicted molar refractivity (Wildman–Crippen MR) is 114 cm³/mol. The highest BCUT2D eigenvalue weighted by molar-refractivity contribution is 6.06. The summed E-state index contributed by atoms with van der Waals surface area (Å²) in [5.41, 5.74) is 2.09. The number of pyridine rings is 1. The van der Waals surface area contributed by atoms with Crippen molar-refractivity contribution >= 4 is 28.5 Å². The second-order valence-electron chi connectivity index (χ2n) is 7.81. The summed E-state index contributed by atoms with van der Waals surface area (Å²) in [7, 11) is 0. The minimum atomic E-state index is -0.202. The fraction of sp³-hybridized carbons (Fsp3) is 0.619. The van der Waals surface area contributed by atoms with Crippen LogP contribution in [0.5, 0.6) is 0 Å². The highest BCUT2D eigenvalue weighted by Gasteiger charge is 2.24. The van der Waals surface area contributed by atoms with Crippen LogP contribution in [0.2, 0.25) is 0 Å². The van der Waals surface area contributed by atoms with Gasteiger partial charge in [-0.2, -0.15) is 5.10 Å². The molecule has 3 rings (SSSR count). The second-order valence-corrected chi connectivity index (χ2v) is 7.81. The molecule has 2 aromatic heterocycles. The van der Waals surface area contributed by atoms with E-state index in [2.05, 4.69) is 33.0 Å². The number of hydrogen-bond donors (Lipinski definition) is 3. The Balaban J connectivity index is 1.84. The summed E-state index contributed by atoms with van der Waals surface area (Å²) in [6, 6.07) is 0.261. The molecular formula is C21H32N6O2. The molecule has 2 aromatic rings. The highest BCUT2D eigenvalue weighted by atomic mass is 16.2. The molecule has 0 spiro atoms. The first-order chi connectivity index (χ1) is 14.0. The first-order valence-electron chi connectivity index (χ1n) is 10.6. The number of fused-ring (bicyclic) bond motifs is 1. The summed E-state index contributed by atoms with van der Waals surface area (Å²) >= 11 is 0. The van der Waals surface area contributed by atoms with Crippen molar-refractivity contribution in [2.45, 2.75) is 65.5 Å². The van der Waals surface area contributed by atoms with Crippen LogP contribution >= 0.6 is 0 Å². The van der Waals surface area contributed by atoms with Crippen LogP contribution in [0.15, 0.2) is 12.4 Å². The van der Waals surface area contributed by atoms with Crippen LogP contribution in [0.1, 0.15) is 63.2 Å². The van der Waals surface area contributed by atoms with Crippen LogP contribution in [0.3, 0.4) is 0 Å². The van der Waals surface area contributed by atoms with Crippen LogP contribution in [-0.2, 0) is 11.3 Å². The van der Waals surface area contributed by atoms with E-state index in [9.17, 15) is 9.59 Å². The van der Waals surface area contributed by atoms with E-state index in [-0.39, 0.29) is 17.9 Å². The first-order valence-corrected chi connectivity index (χ1v) is 10.6. The van der Waals surface area contributed by atoms with E-state index in [4.69, 9.17) is 0 Å². The number of aromatic nitrogens is 3. The van der Waals surface area contributed by atoms with Crippen LogP contribution in [-0.4, -0.2) is 45.7 Å². The van der Waals surface area contributed by atoms with Gasteiger partial charge in [-0.25, -0.2) is 9.67 Å². The third-order valence-corrected chi connectivity index (χ3v) is 5.72. The lowest BCUT2D eigenvalue weighted by Crippen LogP contribution is -2.34. The molecule has 29 heavy (non-hydrogen) atoms. The summed E-state index contributed by atoms with van der Waals surface area (Å²) in [4.78, 5) is 28.4. The quantitative estimate of drug-likeness (QED) is 0.592. The zero-order valence-corrected chi connectivity index (χ0v) is 17.6. The number of hydrogen-bond acceptors (Lipinski definition) is 5. The molecule has 0 aromatic carbocycles. The maximum atomic E-state index is 12.9. The molecule has 1 aliphatic carbocycles. The summed E-state index contributed by atoms with van der Waals surface area (Å²) < 4.78 is 1.84. The van der Waals surface area contributed by atoms with Crippen molar-refractivity contribution in [3.8, 4) is 0 Å². The fourth-order valence-corrected chi connectivity index (χ4v) is 4.08. The number of rotatable bonds is 8. The van der Waals surface area contributed by atoms with Crippen molar-refractivity contribution in [2.75, 3.05) is 18.4 Å². The van der Waals surface area contributed by atoms with Gasteiger partial charge < -0.3 is 16.0 Å². The Morgan fingerprint density at radius 3 is 2.59 bits per heavy atom. The lowest BCUT2D eigenvalue weighted by atomic mass is 9.84. The van der Waals surface area contributed by atoms with Crippen molar-refractivity contribution < 1.29 is 9.59 Å². The molecule has 0 saturated heterocycles. The Kier molecular flexibility index (Phi) is 7.06. The monoisotopic (exact) mass is 400 g/mol. The molecular weight excluding hydrogens is 368 g/mol. The van der Waals surface area contributed by atoms with Gasteiger partial charge in [0.05, 0.1) is 22.8 Å². The summed E-state index contributed by atoms with van der Waals surface area (Å²) in [5.74, 6) is 0.286. The van der Waals surface area contributed by atoms with Crippen molar-refractivity contribution in [3.63, 3.8) is 0 Å². The average molecular weight is 401 g/mol. The smallest absolute Gasteiger partial charge is 0.255 e. The molecule has 0 aliphatic heterocycles. The van der Waals surface area contributed by atoms with Gasteiger partial charge in [0.15, 0.2) is 5.65 Å². The lowest BCUT2D eigenvalue weighted by molar-refractivity contribution is -0.118. The number of carbonyl (C=O) groups excluding carboxylic acids is 2. The lowest BCUT2D eigenvalue weighted by Gasteiger charge is -2.29. The van der Waals surface area contributed by atoms with Gasteiger partial charge >= 0.3 is 0 Å². The van der Waals surface area contributed by atoms with E-state index in [1.807, 2.05) is 11.6 Å². The van der Waals surface area contributed by atoms with E-state index in [0.717, 1.165) is 23.3 Å². The molecule has 8 nitrogen and oxygen atoms in total. The molecule has 3 N–H and O–H groups in total. The van der Waals surface area contributed by atoms with Gasteiger partial charge in [0.1, 0.15) is 0 Å². The summed E-state index contributed by atoms with van der Waals surface area (Å²) in [6.07, 6.45) is 9.70. The number of nitrogens with zero attached hydrogens (tertiary/aromatic N) is 3. The van der Waals surface area contributed by atoms with Crippen molar-refractivity contribution in [1.29, 1.82) is 0 Å². The number of carbonyl (C=O) groups is 2. The molecule has 1 atom stereocenters. The van der Waals surface area contributed by atoms with E-state index < -0.39 is 0 Å². The number of nitrogens with one attached hydrogen (secondary N) is 3. The molecule has 0 bridgehead atoms. The molecule has 2 heterocycles. The molecule has 2 amide bonds. The van der Waals surface area contributed by atoms with Crippen LogP contribution in [0, 0.1) is 5.92 Å². The molecule has 1 aliphatic rings. The van der Waals surface area contributed by atoms with Gasteiger partial charge in [0.25, 0.3) is 5.91 Å². The number of amides is 2. The Hall–Kier alpha value is -2.64. The largest absolute Gasteiger partial charge is 0.381 e. The normalized spacial score (nSPS) is 15.8. The third kappa shape index (κ3) is 5.05. The molecule has 0 radical (unpaired) electrons. The fourth-order valence-electron chi connectivity index (χ4n) is 4.08. The van der Waals surface area contributed by atoms with Gasteiger partial charge in [-0.1, -0.05) is 19.3 Å². The van der Waals surface area contributed by atoms with E-state index in [1.54, 1.807) is 12.4 Å². The second kappa shape index (κ2) is 9.71. The van der Waals surface area contributed by atoms with E-state index in [1.165, 1.54) is 39.0 Å². The van der Waals surface area contributed by atoms with Crippen molar-refractivity contribution in [3.05, 3.63) is 18.0 Å². The Morgan fingerprint density at radius 1 is 1.17 bits per heavy atom. The van der Waals surface area contributed by atoms with Gasteiger partial charge in [-0.3, -0.25) is 9.59 Å². The van der Waals surface area contributed by atoms with Crippen molar-refractivity contribution in [1.82, 2.24) is 25.4 Å². The van der Waals surface area contributed by atoms with Gasteiger partial charge in [0, 0.05) is 38.8 Å². The van der Waals surface area contributed by atoms with E-state index in [0.29, 0.717) is 24.6 Å². The highest BCUT2D eigenvalue weighted by Crippen LogP contribution is 2.31. The Labute approximate surface area is 171 Å². The molecule has 158 valence electrons. The zero-order valence-electron chi connectivity index (χ0n) is 17.6. The Morgan fingerprint density at radius 2 is 1.90 bits per heavy atom. The maximum absolute atomic E-state index is 12.9. The average Bonchev–Trinajstić information content (AvgIpc) is 3.15. The topological polar surface area (TPSA) is 101 Å².